The molecule has 0 aliphatic carbocycles. The molecule has 7 heteroatoms. The van der Waals surface area contributed by atoms with Gasteiger partial charge in [-0.2, -0.15) is 0 Å². The van der Waals surface area contributed by atoms with Gasteiger partial charge >= 0.3 is 0 Å². The quantitative estimate of drug-likeness (QED) is 0.541. The highest BCUT2D eigenvalue weighted by Gasteiger charge is 2.06. The van der Waals surface area contributed by atoms with Crippen LogP contribution >= 0.6 is 0 Å². The van der Waals surface area contributed by atoms with E-state index in [1.165, 1.54) is 6.20 Å². The van der Waals surface area contributed by atoms with Crippen molar-refractivity contribution in [1.82, 2.24) is 20.3 Å². The maximum absolute atomic E-state index is 11.9. The van der Waals surface area contributed by atoms with Crippen molar-refractivity contribution in [2.24, 2.45) is 5.84 Å². The molecule has 19 heavy (non-hydrogen) atoms. The molecule has 2 heterocycles. The molecule has 0 aliphatic heterocycles. The number of nitrogens with two attached hydrogens (primary N) is 1. The minimum atomic E-state index is -0.221. The zero-order chi connectivity index (χ0) is 13.7. The summed E-state index contributed by atoms with van der Waals surface area (Å²) in [5.41, 5.74) is 4.40. The van der Waals surface area contributed by atoms with Gasteiger partial charge in [-0.3, -0.25) is 14.8 Å². The zero-order valence-corrected chi connectivity index (χ0v) is 10.4. The van der Waals surface area contributed by atoms with E-state index in [4.69, 9.17) is 5.84 Å². The fourth-order valence-corrected chi connectivity index (χ4v) is 1.43. The van der Waals surface area contributed by atoms with Crippen LogP contribution in [0.3, 0.4) is 0 Å². The summed E-state index contributed by atoms with van der Waals surface area (Å²) in [6.45, 7) is 2.17. The number of nitrogens with one attached hydrogen (secondary N) is 2. The first kappa shape index (κ1) is 12.9. The molecule has 0 bridgehead atoms. The maximum atomic E-state index is 11.9. The van der Waals surface area contributed by atoms with Crippen molar-refractivity contribution in [3.05, 3.63) is 47.7 Å². The number of aromatic nitrogens is 3. The standard InChI is InChI=1S/C12H14N6O/c1-8-5-16-10(6-15-8)7-17-12(19)9-2-3-14-11(4-9)18-13/h2-6H,7,13H2,1H3,(H,14,18)(H,17,19). The average Bonchev–Trinajstić information content (AvgIpc) is 2.46. The van der Waals surface area contributed by atoms with Crippen LogP contribution in [0.5, 0.6) is 0 Å². The Kier molecular flexibility index (Phi) is 3.99. The van der Waals surface area contributed by atoms with Crippen LogP contribution in [0.4, 0.5) is 5.82 Å². The van der Waals surface area contributed by atoms with E-state index in [1.54, 1.807) is 24.5 Å². The molecule has 0 spiro atoms. The Labute approximate surface area is 110 Å². The third-order valence-electron chi connectivity index (χ3n) is 2.43. The zero-order valence-electron chi connectivity index (χ0n) is 10.4. The molecule has 7 nitrogen and oxygen atoms in total. The van der Waals surface area contributed by atoms with Crippen LogP contribution in [0.2, 0.25) is 0 Å². The fraction of sp³-hybridized carbons (Fsp3) is 0.167. The van der Waals surface area contributed by atoms with E-state index in [1.807, 2.05) is 6.92 Å². The molecule has 1 amide bonds. The number of anilines is 1. The summed E-state index contributed by atoms with van der Waals surface area (Å²) >= 11 is 0. The van der Waals surface area contributed by atoms with Crippen molar-refractivity contribution in [3.63, 3.8) is 0 Å². The van der Waals surface area contributed by atoms with Gasteiger partial charge in [-0.05, 0) is 19.1 Å². The molecule has 2 aromatic heterocycles. The number of nitrogen functional groups attached to an aromatic ring is 1. The van der Waals surface area contributed by atoms with E-state index in [0.717, 1.165) is 5.69 Å². The van der Waals surface area contributed by atoms with Gasteiger partial charge < -0.3 is 10.7 Å². The van der Waals surface area contributed by atoms with Crippen molar-refractivity contribution in [1.29, 1.82) is 0 Å². The van der Waals surface area contributed by atoms with Gasteiger partial charge in [-0.1, -0.05) is 0 Å². The number of amides is 1. The summed E-state index contributed by atoms with van der Waals surface area (Å²) in [7, 11) is 0. The number of carbonyl (C=O) groups is 1. The molecule has 98 valence electrons. The summed E-state index contributed by atoms with van der Waals surface area (Å²) in [4.78, 5) is 24.1. The third-order valence-corrected chi connectivity index (χ3v) is 2.43. The number of carbonyl (C=O) groups excluding carboxylic acids is 1. The average molecular weight is 258 g/mol. The summed E-state index contributed by atoms with van der Waals surface area (Å²) in [6, 6.07) is 3.17. The van der Waals surface area contributed by atoms with Crippen LogP contribution in [0.25, 0.3) is 0 Å². The lowest BCUT2D eigenvalue weighted by atomic mass is 10.2. The SMILES string of the molecule is Cc1cnc(CNC(=O)c2ccnc(NN)c2)cn1. The van der Waals surface area contributed by atoms with E-state index in [2.05, 4.69) is 25.7 Å². The second kappa shape index (κ2) is 5.87. The number of pyridine rings is 1. The Bertz CT molecular complexity index is 569. The number of rotatable bonds is 4. The van der Waals surface area contributed by atoms with Crippen molar-refractivity contribution in [2.45, 2.75) is 13.5 Å². The molecular weight excluding hydrogens is 244 g/mol. The molecule has 0 saturated heterocycles. The molecule has 0 fully saturated rings. The van der Waals surface area contributed by atoms with E-state index in [9.17, 15) is 4.79 Å². The molecule has 2 aromatic rings. The van der Waals surface area contributed by atoms with Crippen molar-refractivity contribution in [3.8, 4) is 0 Å². The first-order valence-electron chi connectivity index (χ1n) is 5.67. The van der Waals surface area contributed by atoms with Gasteiger partial charge in [-0.15, -0.1) is 0 Å². The van der Waals surface area contributed by atoms with Crippen LogP contribution in [0.15, 0.2) is 30.7 Å². The molecule has 4 N–H and O–H groups in total. The van der Waals surface area contributed by atoms with E-state index in [-0.39, 0.29) is 5.91 Å². The van der Waals surface area contributed by atoms with E-state index >= 15 is 0 Å². The lowest BCUT2D eigenvalue weighted by Crippen LogP contribution is -2.23. The first-order valence-corrected chi connectivity index (χ1v) is 5.67. The van der Waals surface area contributed by atoms with Gasteiger partial charge in [0.25, 0.3) is 5.91 Å². The van der Waals surface area contributed by atoms with Gasteiger partial charge in [0, 0.05) is 18.0 Å². The smallest absolute Gasteiger partial charge is 0.251 e. The summed E-state index contributed by atoms with van der Waals surface area (Å²) in [6.07, 6.45) is 4.80. The van der Waals surface area contributed by atoms with Gasteiger partial charge in [-0.25, -0.2) is 10.8 Å². The second-order valence-corrected chi connectivity index (χ2v) is 3.91. The van der Waals surface area contributed by atoms with E-state index in [0.29, 0.717) is 23.6 Å². The van der Waals surface area contributed by atoms with Crippen molar-refractivity contribution < 1.29 is 4.79 Å². The normalized spacial score (nSPS) is 10.0. The summed E-state index contributed by atoms with van der Waals surface area (Å²) in [5, 5.41) is 2.75. The predicted octanol–water partition coefficient (Wildman–Crippen LogP) is 0.396. The molecular formula is C12H14N6O. The molecule has 0 saturated carbocycles. The fourth-order valence-electron chi connectivity index (χ4n) is 1.43. The Morgan fingerprint density at radius 1 is 1.32 bits per heavy atom. The van der Waals surface area contributed by atoms with Crippen LogP contribution < -0.4 is 16.6 Å². The van der Waals surface area contributed by atoms with Gasteiger partial charge in [0.15, 0.2) is 0 Å². The topological polar surface area (TPSA) is 106 Å². The lowest BCUT2D eigenvalue weighted by Gasteiger charge is -2.06. The number of hydrazine groups is 1. The molecule has 0 aromatic carbocycles. The maximum Gasteiger partial charge on any atom is 0.251 e. The van der Waals surface area contributed by atoms with Crippen LogP contribution in [0, 0.1) is 6.92 Å². The van der Waals surface area contributed by atoms with Crippen molar-refractivity contribution >= 4 is 11.7 Å². The third kappa shape index (κ3) is 3.46. The molecule has 0 aliphatic rings. The Hall–Kier alpha value is -2.54. The minimum Gasteiger partial charge on any atom is -0.346 e. The van der Waals surface area contributed by atoms with E-state index < -0.39 is 0 Å². The number of hydrogen-bond donors (Lipinski definition) is 3. The number of aryl methyl sites for hydroxylation is 1. The lowest BCUT2D eigenvalue weighted by molar-refractivity contribution is 0.0950. The number of nitrogens with zero attached hydrogens (tertiary/aromatic N) is 3. The highest BCUT2D eigenvalue weighted by Crippen LogP contribution is 2.05. The highest BCUT2D eigenvalue weighted by molar-refractivity contribution is 5.94. The van der Waals surface area contributed by atoms with Crippen LogP contribution in [-0.2, 0) is 6.54 Å². The van der Waals surface area contributed by atoms with Gasteiger partial charge in [0.05, 0.1) is 24.1 Å². The monoisotopic (exact) mass is 258 g/mol. The molecule has 0 unspecified atom stereocenters. The Morgan fingerprint density at radius 2 is 2.16 bits per heavy atom. The predicted molar refractivity (Wildman–Crippen MR) is 70.0 cm³/mol. The highest BCUT2D eigenvalue weighted by atomic mass is 16.1. The minimum absolute atomic E-state index is 0.221. The molecule has 0 atom stereocenters. The molecule has 2 rings (SSSR count). The second-order valence-electron chi connectivity index (χ2n) is 3.91. The summed E-state index contributed by atoms with van der Waals surface area (Å²) in [5.74, 6) is 5.45. The Balaban J connectivity index is 1.99. The van der Waals surface area contributed by atoms with Crippen molar-refractivity contribution in [2.75, 3.05) is 5.43 Å². The largest absolute Gasteiger partial charge is 0.346 e. The first-order chi connectivity index (χ1) is 9.19. The number of hydrogen-bond acceptors (Lipinski definition) is 6. The summed E-state index contributed by atoms with van der Waals surface area (Å²) < 4.78 is 0. The van der Waals surface area contributed by atoms with Gasteiger partial charge in [0.1, 0.15) is 5.82 Å². The Morgan fingerprint density at radius 3 is 2.84 bits per heavy atom. The van der Waals surface area contributed by atoms with Crippen LogP contribution in [0.1, 0.15) is 21.7 Å². The van der Waals surface area contributed by atoms with Gasteiger partial charge in [0.2, 0.25) is 0 Å². The molecule has 0 radical (unpaired) electrons. The van der Waals surface area contributed by atoms with Crippen LogP contribution in [-0.4, -0.2) is 20.9 Å².